The first-order valence-electron chi connectivity index (χ1n) is 8.28. The van der Waals surface area contributed by atoms with Gasteiger partial charge in [0.25, 0.3) is 0 Å². The first-order valence-corrected chi connectivity index (χ1v) is 8.28. The van der Waals surface area contributed by atoms with E-state index in [9.17, 15) is 5.11 Å². The molecule has 0 radical (unpaired) electrons. The highest BCUT2D eigenvalue weighted by molar-refractivity contribution is 5.51. The molecule has 3 atom stereocenters. The Morgan fingerprint density at radius 2 is 2.00 bits per heavy atom. The van der Waals surface area contributed by atoms with Gasteiger partial charge < -0.3 is 15.7 Å². The number of nitrogens with two attached hydrogens (primary N) is 1. The zero-order chi connectivity index (χ0) is 15.0. The molecule has 3 rings (SSSR count). The third kappa shape index (κ3) is 3.58. The van der Waals surface area contributed by atoms with Gasteiger partial charge in [-0.1, -0.05) is 6.07 Å². The van der Waals surface area contributed by atoms with Crippen molar-refractivity contribution in [2.75, 3.05) is 18.0 Å². The Hall–Kier alpha value is -1.06. The van der Waals surface area contributed by atoms with Gasteiger partial charge in [0.15, 0.2) is 0 Å². The number of nitrogens with zero attached hydrogens (tertiary/aromatic N) is 1. The summed E-state index contributed by atoms with van der Waals surface area (Å²) in [5.41, 5.74) is 10.2. The molecular weight excluding hydrogens is 260 g/mol. The summed E-state index contributed by atoms with van der Waals surface area (Å²) in [7, 11) is 0. The lowest BCUT2D eigenvalue weighted by atomic mass is 9.88. The maximum absolute atomic E-state index is 10.2. The summed E-state index contributed by atoms with van der Waals surface area (Å²) < 4.78 is 0. The van der Waals surface area contributed by atoms with Gasteiger partial charge in [-0.05, 0) is 74.6 Å². The molecule has 1 saturated carbocycles. The minimum absolute atomic E-state index is 0.109. The SMILES string of the molecule is Cc1ccc(N2CC(N)CC(CC(O)C3CC3)C2)cc1C. The fourth-order valence-corrected chi connectivity index (χ4v) is 3.57. The molecule has 3 unspecified atom stereocenters. The zero-order valence-corrected chi connectivity index (χ0v) is 13.3. The molecular formula is C18H28N2O. The van der Waals surface area contributed by atoms with E-state index in [1.165, 1.54) is 29.7 Å². The summed E-state index contributed by atoms with van der Waals surface area (Å²) in [5, 5.41) is 10.2. The Kier molecular flexibility index (Phi) is 4.23. The van der Waals surface area contributed by atoms with Gasteiger partial charge in [0.05, 0.1) is 6.10 Å². The van der Waals surface area contributed by atoms with Crippen LogP contribution in [0.2, 0.25) is 0 Å². The average molecular weight is 288 g/mol. The maximum atomic E-state index is 10.2. The van der Waals surface area contributed by atoms with Crippen molar-refractivity contribution in [1.29, 1.82) is 0 Å². The van der Waals surface area contributed by atoms with Crippen molar-refractivity contribution < 1.29 is 5.11 Å². The van der Waals surface area contributed by atoms with Crippen molar-refractivity contribution in [3.05, 3.63) is 29.3 Å². The second-order valence-corrected chi connectivity index (χ2v) is 7.18. The van der Waals surface area contributed by atoms with Crippen molar-refractivity contribution in [3.63, 3.8) is 0 Å². The van der Waals surface area contributed by atoms with Crippen LogP contribution in [0.3, 0.4) is 0 Å². The number of anilines is 1. The summed E-state index contributed by atoms with van der Waals surface area (Å²) in [5.74, 6) is 1.09. The van der Waals surface area contributed by atoms with E-state index in [-0.39, 0.29) is 12.1 Å². The van der Waals surface area contributed by atoms with Gasteiger partial charge in [-0.3, -0.25) is 0 Å². The molecule has 21 heavy (non-hydrogen) atoms. The molecule has 3 N–H and O–H groups in total. The monoisotopic (exact) mass is 288 g/mol. The second-order valence-electron chi connectivity index (χ2n) is 7.18. The Labute approximate surface area is 128 Å². The lowest BCUT2D eigenvalue weighted by molar-refractivity contribution is 0.114. The third-order valence-electron chi connectivity index (χ3n) is 5.17. The van der Waals surface area contributed by atoms with Crippen LogP contribution in [-0.4, -0.2) is 30.3 Å². The van der Waals surface area contributed by atoms with Crippen molar-refractivity contribution >= 4 is 5.69 Å². The van der Waals surface area contributed by atoms with E-state index < -0.39 is 0 Å². The molecule has 0 bridgehead atoms. The quantitative estimate of drug-likeness (QED) is 0.895. The summed E-state index contributed by atoms with van der Waals surface area (Å²) in [6.45, 7) is 6.27. The van der Waals surface area contributed by atoms with Crippen molar-refractivity contribution in [3.8, 4) is 0 Å². The van der Waals surface area contributed by atoms with Crippen LogP contribution >= 0.6 is 0 Å². The molecule has 0 spiro atoms. The molecule has 116 valence electrons. The van der Waals surface area contributed by atoms with E-state index in [0.717, 1.165) is 25.9 Å². The lowest BCUT2D eigenvalue weighted by Crippen LogP contribution is -2.48. The van der Waals surface area contributed by atoms with Crippen molar-refractivity contribution in [2.45, 2.75) is 51.7 Å². The Bertz CT molecular complexity index is 498. The van der Waals surface area contributed by atoms with Crippen LogP contribution < -0.4 is 10.6 Å². The van der Waals surface area contributed by atoms with Crippen LogP contribution in [0.15, 0.2) is 18.2 Å². The molecule has 1 saturated heterocycles. The number of aryl methyl sites for hydroxylation is 2. The van der Waals surface area contributed by atoms with Crippen LogP contribution in [0.5, 0.6) is 0 Å². The van der Waals surface area contributed by atoms with Gasteiger partial charge in [-0.15, -0.1) is 0 Å². The highest BCUT2D eigenvalue weighted by Crippen LogP contribution is 2.36. The van der Waals surface area contributed by atoms with Gasteiger partial charge in [0.2, 0.25) is 0 Å². The van der Waals surface area contributed by atoms with Gasteiger partial charge in [0.1, 0.15) is 0 Å². The number of hydrogen-bond acceptors (Lipinski definition) is 3. The first kappa shape index (κ1) is 14.9. The fraction of sp³-hybridized carbons (Fsp3) is 0.667. The van der Waals surface area contributed by atoms with Crippen LogP contribution in [0.4, 0.5) is 5.69 Å². The molecule has 1 aromatic carbocycles. The van der Waals surface area contributed by atoms with E-state index in [4.69, 9.17) is 5.73 Å². The predicted octanol–water partition coefficient (Wildman–Crippen LogP) is 2.62. The molecule has 1 aliphatic heterocycles. The van der Waals surface area contributed by atoms with Crippen molar-refractivity contribution in [1.82, 2.24) is 0 Å². The van der Waals surface area contributed by atoms with E-state index in [1.54, 1.807) is 0 Å². The molecule has 3 heteroatoms. The number of aliphatic hydroxyl groups excluding tert-OH is 1. The highest BCUT2D eigenvalue weighted by atomic mass is 16.3. The van der Waals surface area contributed by atoms with Crippen LogP contribution in [0.25, 0.3) is 0 Å². The minimum atomic E-state index is -0.109. The second kappa shape index (κ2) is 5.98. The van der Waals surface area contributed by atoms with E-state index in [2.05, 4.69) is 36.9 Å². The van der Waals surface area contributed by atoms with Gasteiger partial charge >= 0.3 is 0 Å². The van der Waals surface area contributed by atoms with Crippen molar-refractivity contribution in [2.24, 2.45) is 17.6 Å². The normalized spacial score (nSPS) is 27.7. The Morgan fingerprint density at radius 3 is 2.67 bits per heavy atom. The Morgan fingerprint density at radius 1 is 1.24 bits per heavy atom. The summed E-state index contributed by atoms with van der Waals surface area (Å²) in [6.07, 6.45) is 4.27. The average Bonchev–Trinajstić information content (AvgIpc) is 3.25. The van der Waals surface area contributed by atoms with Crippen LogP contribution in [0.1, 0.15) is 36.8 Å². The van der Waals surface area contributed by atoms with Gasteiger partial charge in [-0.25, -0.2) is 0 Å². The van der Waals surface area contributed by atoms with Gasteiger partial charge in [0, 0.05) is 24.8 Å². The smallest absolute Gasteiger partial charge is 0.0571 e. The molecule has 1 aliphatic carbocycles. The number of rotatable bonds is 4. The third-order valence-corrected chi connectivity index (χ3v) is 5.17. The zero-order valence-electron chi connectivity index (χ0n) is 13.3. The molecule has 0 aromatic heterocycles. The lowest BCUT2D eigenvalue weighted by Gasteiger charge is -2.38. The van der Waals surface area contributed by atoms with Crippen LogP contribution in [-0.2, 0) is 0 Å². The molecule has 2 aliphatic rings. The minimum Gasteiger partial charge on any atom is -0.393 e. The van der Waals surface area contributed by atoms with E-state index >= 15 is 0 Å². The predicted molar refractivity (Wildman–Crippen MR) is 87.6 cm³/mol. The molecule has 1 aromatic rings. The topological polar surface area (TPSA) is 49.5 Å². The Balaban J connectivity index is 1.68. The van der Waals surface area contributed by atoms with Gasteiger partial charge in [-0.2, -0.15) is 0 Å². The molecule has 1 heterocycles. The molecule has 2 fully saturated rings. The molecule has 0 amide bonds. The fourth-order valence-electron chi connectivity index (χ4n) is 3.57. The number of piperidine rings is 1. The standard InChI is InChI=1S/C18H28N2O/c1-12-3-6-17(7-13(12)2)20-10-14(8-16(19)11-20)9-18(21)15-4-5-15/h3,6-7,14-16,18,21H,4-5,8-11,19H2,1-2H3. The highest BCUT2D eigenvalue weighted by Gasteiger charge is 2.34. The summed E-state index contributed by atoms with van der Waals surface area (Å²) >= 11 is 0. The number of aliphatic hydroxyl groups is 1. The number of hydrogen-bond donors (Lipinski definition) is 2. The largest absolute Gasteiger partial charge is 0.393 e. The first-order chi connectivity index (χ1) is 10.0. The maximum Gasteiger partial charge on any atom is 0.0571 e. The summed E-state index contributed by atoms with van der Waals surface area (Å²) in [6, 6.07) is 6.88. The molecule has 3 nitrogen and oxygen atoms in total. The van der Waals surface area contributed by atoms with Crippen LogP contribution in [0, 0.1) is 25.7 Å². The van der Waals surface area contributed by atoms with E-state index in [0.29, 0.717) is 11.8 Å². The summed E-state index contributed by atoms with van der Waals surface area (Å²) in [4.78, 5) is 2.41. The van der Waals surface area contributed by atoms with E-state index in [1.807, 2.05) is 0 Å². The number of benzene rings is 1.